The van der Waals surface area contributed by atoms with Crippen LogP contribution in [0.5, 0.6) is 5.75 Å². The number of furan rings is 1. The molecule has 0 saturated carbocycles. The van der Waals surface area contributed by atoms with Gasteiger partial charge in [0.25, 0.3) is 0 Å². The number of hydrogen-bond donors (Lipinski definition) is 0. The Hall–Kier alpha value is -2.84. The van der Waals surface area contributed by atoms with Gasteiger partial charge in [-0.25, -0.2) is 4.79 Å². The van der Waals surface area contributed by atoms with Gasteiger partial charge in [-0.15, -0.1) is 0 Å². The molecule has 6 nitrogen and oxygen atoms in total. The highest BCUT2D eigenvalue weighted by molar-refractivity contribution is 6.64. The van der Waals surface area contributed by atoms with Crippen LogP contribution >= 0.6 is 0 Å². The number of ether oxygens (including phenoxy) is 1. The fourth-order valence-corrected chi connectivity index (χ4v) is 3.85. The number of fused-ring (bicyclic) bond motifs is 1. The van der Waals surface area contributed by atoms with E-state index in [2.05, 4.69) is 4.94 Å². The third kappa shape index (κ3) is 4.63. The maximum Gasteiger partial charge on any atom is 0.498 e. The van der Waals surface area contributed by atoms with Crippen molar-refractivity contribution in [2.24, 2.45) is 0 Å². The van der Waals surface area contributed by atoms with Gasteiger partial charge in [-0.2, -0.15) is 0 Å². The molecule has 33 heavy (non-hydrogen) atoms. The van der Waals surface area contributed by atoms with E-state index < -0.39 is 24.3 Å². The first kappa shape index (κ1) is 23.3. The van der Waals surface area contributed by atoms with E-state index in [1.165, 1.54) is 0 Å². The average molecular weight is 454 g/mol. The fourth-order valence-electron chi connectivity index (χ4n) is 3.85. The Kier molecular flexibility index (Phi) is 6.25. The molecular formula is C25H28BFO6. The molecule has 0 amide bonds. The second kappa shape index (κ2) is 8.84. The molecule has 2 aromatic carbocycles. The first-order valence-electron chi connectivity index (χ1n) is 11.0. The summed E-state index contributed by atoms with van der Waals surface area (Å²) in [4.78, 5) is 14.8. The first-order valence-corrected chi connectivity index (χ1v) is 11.0. The van der Waals surface area contributed by atoms with Crippen LogP contribution in [0.1, 0.15) is 51.3 Å². The van der Waals surface area contributed by atoms with Crippen molar-refractivity contribution in [2.45, 2.75) is 65.3 Å². The highest BCUT2D eigenvalue weighted by Crippen LogP contribution is 2.37. The summed E-state index contributed by atoms with van der Waals surface area (Å²) in [6.07, 6.45) is 2.22. The Bertz CT molecular complexity index is 1150. The van der Waals surface area contributed by atoms with Crippen LogP contribution in [0.2, 0.25) is 0 Å². The van der Waals surface area contributed by atoms with E-state index in [9.17, 15) is 9.32 Å². The molecule has 0 aliphatic carbocycles. The number of rotatable bonds is 7. The van der Waals surface area contributed by atoms with E-state index in [0.717, 1.165) is 28.4 Å². The van der Waals surface area contributed by atoms with Crippen molar-refractivity contribution in [3.63, 3.8) is 0 Å². The summed E-state index contributed by atoms with van der Waals surface area (Å²) in [6.45, 7) is 10.3. The second-order valence-corrected chi connectivity index (χ2v) is 9.32. The number of aryl methyl sites for hydroxylation is 1. The summed E-state index contributed by atoms with van der Waals surface area (Å²) >= 11 is 0. The lowest BCUT2D eigenvalue weighted by Crippen LogP contribution is -2.41. The molecule has 0 N–H and O–H groups in total. The lowest BCUT2D eigenvalue weighted by molar-refractivity contribution is -0.182. The number of halogens is 1. The molecule has 1 saturated heterocycles. The van der Waals surface area contributed by atoms with Gasteiger partial charge in [0.05, 0.1) is 23.9 Å². The summed E-state index contributed by atoms with van der Waals surface area (Å²) in [5, 5.41) is 0.907. The normalized spacial score (nSPS) is 16.8. The van der Waals surface area contributed by atoms with Crippen molar-refractivity contribution < 1.29 is 32.7 Å². The van der Waals surface area contributed by atoms with Gasteiger partial charge in [-0.3, -0.25) is 4.94 Å². The van der Waals surface area contributed by atoms with Gasteiger partial charge >= 0.3 is 13.1 Å². The average Bonchev–Trinajstić information content (AvgIpc) is 3.33. The van der Waals surface area contributed by atoms with Crippen LogP contribution in [0.25, 0.3) is 11.0 Å². The molecule has 0 atom stereocenters. The maximum atomic E-state index is 12.3. The molecule has 0 spiro atoms. The largest absolute Gasteiger partial charge is 0.498 e. The summed E-state index contributed by atoms with van der Waals surface area (Å²) in [7, 11) is -0.582. The Morgan fingerprint density at radius 2 is 1.76 bits per heavy atom. The van der Waals surface area contributed by atoms with Gasteiger partial charge in [-0.1, -0.05) is 25.1 Å². The van der Waals surface area contributed by atoms with E-state index in [1.807, 2.05) is 65.0 Å². The molecule has 4 rings (SSSR count). The Morgan fingerprint density at radius 3 is 2.42 bits per heavy atom. The predicted molar refractivity (Wildman–Crippen MR) is 123 cm³/mol. The summed E-state index contributed by atoms with van der Waals surface area (Å²) < 4.78 is 36.6. The van der Waals surface area contributed by atoms with Crippen molar-refractivity contribution >= 4 is 29.5 Å². The monoisotopic (exact) mass is 454 g/mol. The van der Waals surface area contributed by atoms with Gasteiger partial charge in [0.1, 0.15) is 17.9 Å². The molecule has 1 aliphatic rings. The lowest BCUT2D eigenvalue weighted by atomic mass is 9.77. The molecule has 1 fully saturated rings. The number of carbonyl (C=O) groups is 1. The predicted octanol–water partition coefficient (Wildman–Crippen LogP) is 4.84. The van der Waals surface area contributed by atoms with Crippen molar-refractivity contribution in [1.82, 2.24) is 0 Å². The van der Waals surface area contributed by atoms with Crippen LogP contribution in [0.3, 0.4) is 0 Å². The van der Waals surface area contributed by atoms with Gasteiger partial charge in [0.15, 0.2) is 0 Å². The van der Waals surface area contributed by atoms with Crippen LogP contribution in [0.15, 0.2) is 47.1 Å². The molecule has 1 aromatic heterocycles. The van der Waals surface area contributed by atoms with Crippen LogP contribution in [-0.2, 0) is 38.5 Å². The standard InChI is InChI=1S/C25H28BFO6/c1-6-16-7-8-18(14-22(28)31-27)21(13-16)30-15-17-11-19-9-10-29-23(19)20(12-17)26-32-24(2,3)25(4,5)33-26/h7-13H,6,14-15H2,1-5H3. The zero-order chi connectivity index (χ0) is 23.8. The molecule has 8 heteroatoms. The van der Waals surface area contributed by atoms with Crippen molar-refractivity contribution in [3.05, 3.63) is 59.4 Å². The summed E-state index contributed by atoms with van der Waals surface area (Å²) in [6, 6.07) is 11.3. The molecular weight excluding hydrogens is 426 g/mol. The van der Waals surface area contributed by atoms with Crippen molar-refractivity contribution in [1.29, 1.82) is 0 Å². The summed E-state index contributed by atoms with van der Waals surface area (Å²) in [5.74, 6) is -0.448. The summed E-state index contributed by atoms with van der Waals surface area (Å²) in [5.41, 5.74) is 3.02. The second-order valence-electron chi connectivity index (χ2n) is 9.32. The van der Waals surface area contributed by atoms with E-state index in [0.29, 0.717) is 16.9 Å². The van der Waals surface area contributed by atoms with Crippen molar-refractivity contribution in [3.8, 4) is 5.75 Å². The fraction of sp³-hybridized carbons (Fsp3) is 0.400. The van der Waals surface area contributed by atoms with Crippen LogP contribution in [-0.4, -0.2) is 24.3 Å². The van der Waals surface area contributed by atoms with E-state index in [1.54, 1.807) is 12.3 Å². The van der Waals surface area contributed by atoms with E-state index in [4.69, 9.17) is 18.5 Å². The van der Waals surface area contributed by atoms with Gasteiger partial charge in [0, 0.05) is 20.9 Å². The van der Waals surface area contributed by atoms with Crippen LogP contribution in [0, 0.1) is 0 Å². The van der Waals surface area contributed by atoms with Crippen LogP contribution < -0.4 is 10.2 Å². The molecule has 0 unspecified atom stereocenters. The first-order chi connectivity index (χ1) is 15.6. The van der Waals surface area contributed by atoms with Gasteiger partial charge < -0.3 is 18.5 Å². The molecule has 0 radical (unpaired) electrons. The molecule has 3 aromatic rings. The number of benzene rings is 2. The zero-order valence-electron chi connectivity index (χ0n) is 19.6. The third-order valence-corrected chi connectivity index (χ3v) is 6.50. The molecule has 1 aliphatic heterocycles. The van der Waals surface area contributed by atoms with Crippen LogP contribution in [0.4, 0.5) is 4.53 Å². The minimum absolute atomic E-state index is 0.213. The lowest BCUT2D eigenvalue weighted by Gasteiger charge is -2.32. The Morgan fingerprint density at radius 1 is 1.03 bits per heavy atom. The Labute approximate surface area is 193 Å². The van der Waals surface area contributed by atoms with E-state index in [-0.39, 0.29) is 13.0 Å². The van der Waals surface area contributed by atoms with Gasteiger partial charge in [-0.05, 0) is 63.4 Å². The number of hydrogen-bond acceptors (Lipinski definition) is 6. The minimum Gasteiger partial charge on any atom is -0.489 e. The van der Waals surface area contributed by atoms with Crippen molar-refractivity contribution in [2.75, 3.05) is 0 Å². The topological polar surface area (TPSA) is 67.1 Å². The highest BCUT2D eigenvalue weighted by atomic mass is 19.3. The minimum atomic E-state index is -0.966. The quantitative estimate of drug-likeness (QED) is 0.476. The number of carbonyl (C=O) groups excluding carboxylic acids is 1. The molecule has 2 heterocycles. The maximum absolute atomic E-state index is 12.3. The van der Waals surface area contributed by atoms with E-state index >= 15 is 0 Å². The Balaban J connectivity index is 1.63. The molecule has 174 valence electrons. The SMILES string of the molecule is CCc1ccc(CC(=O)OF)c(OCc2cc(B3OC(C)(C)C(C)(C)O3)c3occc3c2)c1. The third-order valence-electron chi connectivity index (χ3n) is 6.50. The highest BCUT2D eigenvalue weighted by Gasteiger charge is 2.52. The smallest absolute Gasteiger partial charge is 0.489 e. The van der Waals surface area contributed by atoms with Gasteiger partial charge in [0.2, 0.25) is 0 Å². The molecule has 0 bridgehead atoms. The zero-order valence-corrected chi connectivity index (χ0v) is 19.6.